The Morgan fingerprint density at radius 3 is 2.32 bits per heavy atom. The Morgan fingerprint density at radius 2 is 1.68 bits per heavy atom. The summed E-state index contributed by atoms with van der Waals surface area (Å²) in [6.45, 7) is 3.40. The van der Waals surface area contributed by atoms with E-state index in [9.17, 15) is 13.2 Å². The SMILES string of the molecule is CC(C)Oc1cccc(NC(=O)CN(c2ccc(Cl)cc2)S(=O)(=O)c2ccccc2)c1. The van der Waals surface area contributed by atoms with Gasteiger partial charge in [-0.25, -0.2) is 8.42 Å². The number of halogens is 1. The van der Waals surface area contributed by atoms with Crippen molar-refractivity contribution < 1.29 is 17.9 Å². The topological polar surface area (TPSA) is 75.7 Å². The van der Waals surface area contributed by atoms with Gasteiger partial charge in [0.05, 0.1) is 16.7 Å². The molecule has 3 aromatic carbocycles. The molecule has 1 amide bonds. The van der Waals surface area contributed by atoms with Crippen LogP contribution in [-0.2, 0) is 14.8 Å². The second kappa shape index (κ2) is 9.85. The Hall–Kier alpha value is -3.03. The normalized spacial score (nSPS) is 11.2. The first kappa shape index (κ1) is 22.7. The third-order valence-electron chi connectivity index (χ3n) is 4.22. The van der Waals surface area contributed by atoms with Crippen molar-refractivity contribution in [3.63, 3.8) is 0 Å². The summed E-state index contributed by atoms with van der Waals surface area (Å²) in [6.07, 6.45) is -0.0117. The standard InChI is InChI=1S/C23H23ClN2O4S/c1-17(2)30-21-8-6-7-19(15-21)25-23(27)16-26(20-13-11-18(24)12-14-20)31(28,29)22-9-4-3-5-10-22/h3-15,17H,16H2,1-2H3,(H,25,27). The number of nitrogens with zero attached hydrogens (tertiary/aromatic N) is 1. The average Bonchev–Trinajstić information content (AvgIpc) is 2.73. The maximum Gasteiger partial charge on any atom is 0.264 e. The predicted molar refractivity (Wildman–Crippen MR) is 123 cm³/mol. The van der Waals surface area contributed by atoms with E-state index >= 15 is 0 Å². The third kappa shape index (κ3) is 5.99. The number of amides is 1. The van der Waals surface area contributed by atoms with Crippen molar-refractivity contribution in [1.82, 2.24) is 0 Å². The smallest absolute Gasteiger partial charge is 0.264 e. The van der Waals surface area contributed by atoms with E-state index in [-0.39, 0.29) is 11.0 Å². The van der Waals surface area contributed by atoms with Crippen molar-refractivity contribution in [2.24, 2.45) is 0 Å². The van der Waals surface area contributed by atoms with E-state index in [0.717, 1.165) is 4.31 Å². The molecule has 0 aliphatic rings. The van der Waals surface area contributed by atoms with Gasteiger partial charge in [0, 0.05) is 16.8 Å². The van der Waals surface area contributed by atoms with Gasteiger partial charge in [0.1, 0.15) is 12.3 Å². The second-order valence-electron chi connectivity index (χ2n) is 7.04. The van der Waals surface area contributed by atoms with E-state index in [4.69, 9.17) is 16.3 Å². The second-order valence-corrected chi connectivity index (χ2v) is 9.34. The molecule has 0 aliphatic carbocycles. The van der Waals surface area contributed by atoms with Gasteiger partial charge in [-0.15, -0.1) is 0 Å². The lowest BCUT2D eigenvalue weighted by molar-refractivity contribution is -0.114. The number of carbonyl (C=O) groups is 1. The Bertz CT molecular complexity index is 1130. The summed E-state index contributed by atoms with van der Waals surface area (Å²) in [5, 5.41) is 3.20. The average molecular weight is 459 g/mol. The molecule has 0 saturated carbocycles. The van der Waals surface area contributed by atoms with Gasteiger partial charge in [0.25, 0.3) is 10.0 Å². The van der Waals surface area contributed by atoms with Crippen LogP contribution in [0.5, 0.6) is 5.75 Å². The van der Waals surface area contributed by atoms with Crippen molar-refractivity contribution in [2.45, 2.75) is 24.8 Å². The van der Waals surface area contributed by atoms with Gasteiger partial charge in [-0.3, -0.25) is 9.10 Å². The minimum absolute atomic E-state index is 0.0117. The molecule has 1 N–H and O–H groups in total. The monoisotopic (exact) mass is 458 g/mol. The van der Waals surface area contributed by atoms with Crippen molar-refractivity contribution in [1.29, 1.82) is 0 Å². The Balaban J connectivity index is 1.87. The van der Waals surface area contributed by atoms with Crippen LogP contribution in [0.15, 0.2) is 83.8 Å². The number of hydrogen-bond acceptors (Lipinski definition) is 4. The van der Waals surface area contributed by atoms with E-state index in [1.54, 1.807) is 66.7 Å². The van der Waals surface area contributed by atoms with Crippen molar-refractivity contribution in [3.8, 4) is 5.75 Å². The summed E-state index contributed by atoms with van der Waals surface area (Å²) < 4.78 is 33.2. The summed E-state index contributed by atoms with van der Waals surface area (Å²) in [4.78, 5) is 12.9. The summed E-state index contributed by atoms with van der Waals surface area (Å²) in [5.74, 6) is 0.121. The quantitative estimate of drug-likeness (QED) is 0.517. The summed E-state index contributed by atoms with van der Waals surface area (Å²) in [6, 6.07) is 21.2. The number of hydrogen-bond donors (Lipinski definition) is 1. The molecular formula is C23H23ClN2O4S. The first-order chi connectivity index (χ1) is 14.8. The molecule has 31 heavy (non-hydrogen) atoms. The third-order valence-corrected chi connectivity index (χ3v) is 6.26. The zero-order valence-corrected chi connectivity index (χ0v) is 18.7. The summed E-state index contributed by atoms with van der Waals surface area (Å²) in [7, 11) is -3.97. The highest BCUT2D eigenvalue weighted by Crippen LogP contribution is 2.25. The number of nitrogens with one attached hydrogen (secondary N) is 1. The molecule has 0 fully saturated rings. The number of anilines is 2. The molecule has 3 rings (SSSR count). The van der Waals surface area contributed by atoms with Gasteiger partial charge in [-0.2, -0.15) is 0 Å². The number of carbonyl (C=O) groups excluding carboxylic acids is 1. The first-order valence-electron chi connectivity index (χ1n) is 9.65. The molecule has 0 bridgehead atoms. The summed E-state index contributed by atoms with van der Waals surface area (Å²) >= 11 is 5.95. The van der Waals surface area contributed by atoms with Gasteiger partial charge in [-0.05, 0) is 62.4 Å². The lowest BCUT2D eigenvalue weighted by Gasteiger charge is -2.24. The van der Waals surface area contributed by atoms with E-state index in [1.807, 2.05) is 13.8 Å². The molecule has 0 saturated heterocycles. The number of benzene rings is 3. The predicted octanol–water partition coefficient (Wildman–Crippen LogP) is 4.96. The molecule has 0 atom stereocenters. The number of rotatable bonds is 8. The molecule has 0 radical (unpaired) electrons. The molecule has 3 aromatic rings. The largest absolute Gasteiger partial charge is 0.491 e. The molecule has 0 unspecified atom stereocenters. The van der Waals surface area contributed by atoms with Crippen molar-refractivity contribution in [3.05, 3.63) is 83.9 Å². The van der Waals surface area contributed by atoms with Gasteiger partial charge in [0.2, 0.25) is 5.91 Å². The number of ether oxygens (including phenoxy) is 1. The van der Waals surface area contributed by atoms with Gasteiger partial charge in [-0.1, -0.05) is 35.9 Å². The van der Waals surface area contributed by atoms with Crippen LogP contribution in [-0.4, -0.2) is 27.0 Å². The minimum Gasteiger partial charge on any atom is -0.491 e. The van der Waals surface area contributed by atoms with Crippen LogP contribution in [0, 0.1) is 0 Å². The molecule has 8 heteroatoms. The van der Waals surface area contributed by atoms with Crippen LogP contribution in [0.1, 0.15) is 13.8 Å². The van der Waals surface area contributed by atoms with Crippen molar-refractivity contribution in [2.75, 3.05) is 16.2 Å². The fourth-order valence-corrected chi connectivity index (χ4v) is 4.46. The van der Waals surface area contributed by atoms with Gasteiger partial charge < -0.3 is 10.1 Å². The van der Waals surface area contributed by atoms with E-state index < -0.39 is 22.5 Å². The van der Waals surface area contributed by atoms with Crippen LogP contribution in [0.2, 0.25) is 5.02 Å². The molecule has 0 spiro atoms. The zero-order chi connectivity index (χ0) is 22.4. The fourth-order valence-electron chi connectivity index (χ4n) is 2.89. The highest BCUT2D eigenvalue weighted by Gasteiger charge is 2.27. The molecule has 0 aromatic heterocycles. The highest BCUT2D eigenvalue weighted by molar-refractivity contribution is 7.92. The summed E-state index contributed by atoms with van der Waals surface area (Å²) in [5.41, 5.74) is 0.844. The lowest BCUT2D eigenvalue weighted by Crippen LogP contribution is -2.38. The van der Waals surface area contributed by atoms with Crippen LogP contribution >= 0.6 is 11.6 Å². The van der Waals surface area contributed by atoms with Crippen molar-refractivity contribution >= 4 is 38.9 Å². The Labute approximate surface area is 187 Å². The highest BCUT2D eigenvalue weighted by atomic mass is 35.5. The van der Waals surface area contributed by atoms with Crippen LogP contribution in [0.4, 0.5) is 11.4 Å². The maximum atomic E-state index is 13.3. The zero-order valence-electron chi connectivity index (χ0n) is 17.2. The molecule has 6 nitrogen and oxygen atoms in total. The van der Waals surface area contributed by atoms with Crippen LogP contribution < -0.4 is 14.4 Å². The van der Waals surface area contributed by atoms with Crippen LogP contribution in [0.25, 0.3) is 0 Å². The van der Waals surface area contributed by atoms with E-state index in [0.29, 0.717) is 22.1 Å². The molecular weight excluding hydrogens is 436 g/mol. The fraction of sp³-hybridized carbons (Fsp3) is 0.174. The van der Waals surface area contributed by atoms with E-state index in [2.05, 4.69) is 5.32 Å². The van der Waals surface area contributed by atoms with Gasteiger partial charge in [0.15, 0.2) is 0 Å². The lowest BCUT2D eigenvalue weighted by atomic mass is 10.3. The first-order valence-corrected chi connectivity index (χ1v) is 11.5. The minimum atomic E-state index is -3.97. The molecule has 162 valence electrons. The molecule has 0 heterocycles. The maximum absolute atomic E-state index is 13.3. The van der Waals surface area contributed by atoms with Crippen LogP contribution in [0.3, 0.4) is 0 Å². The molecule has 0 aliphatic heterocycles. The Morgan fingerprint density at radius 1 is 1.00 bits per heavy atom. The number of sulfonamides is 1. The Kier molecular flexibility index (Phi) is 7.20. The van der Waals surface area contributed by atoms with Gasteiger partial charge >= 0.3 is 0 Å². The van der Waals surface area contributed by atoms with E-state index in [1.165, 1.54) is 12.1 Å².